The number of hydrogen-bond donors (Lipinski definition) is 3. The van der Waals surface area contributed by atoms with Gasteiger partial charge in [-0.15, -0.1) is 0 Å². The number of carbonyl (C=O) groups excluding carboxylic acids is 2. The van der Waals surface area contributed by atoms with Crippen molar-refractivity contribution in [2.45, 2.75) is 77.1 Å². The van der Waals surface area contributed by atoms with Crippen molar-refractivity contribution in [2.24, 2.45) is 5.92 Å². The van der Waals surface area contributed by atoms with Crippen molar-refractivity contribution in [2.75, 3.05) is 11.4 Å². The summed E-state index contributed by atoms with van der Waals surface area (Å²) >= 11 is 0. The number of halogens is 2. The largest absolute Gasteiger partial charge is 0.390 e. The van der Waals surface area contributed by atoms with Crippen molar-refractivity contribution in [1.29, 1.82) is 0 Å². The van der Waals surface area contributed by atoms with Crippen LogP contribution in [0.25, 0.3) is 0 Å². The van der Waals surface area contributed by atoms with Crippen molar-refractivity contribution in [3.05, 3.63) is 101 Å². The third kappa shape index (κ3) is 9.19. The number of amides is 2. The van der Waals surface area contributed by atoms with Gasteiger partial charge in [-0.05, 0) is 79.5 Å². The maximum absolute atomic E-state index is 13.9. The van der Waals surface area contributed by atoms with Crippen LogP contribution in [0.2, 0.25) is 0 Å². The summed E-state index contributed by atoms with van der Waals surface area (Å²) in [5.74, 6) is -1.56. The lowest BCUT2D eigenvalue weighted by Crippen LogP contribution is -2.49. The maximum atomic E-state index is 13.9. The Morgan fingerprint density at radius 3 is 2.29 bits per heavy atom. The first-order chi connectivity index (χ1) is 20.2. The molecular formula is C34H41F2N3O3. The predicted octanol–water partition coefficient (Wildman–Crippen LogP) is 5.32. The minimum atomic E-state index is -1.04. The lowest BCUT2D eigenvalue weighted by atomic mass is 10.00. The Hall–Kier alpha value is -3.62. The second-order valence-corrected chi connectivity index (χ2v) is 11.2. The number of hydrogen-bond acceptors (Lipinski definition) is 4. The van der Waals surface area contributed by atoms with Gasteiger partial charge in [0.05, 0.1) is 12.1 Å². The first kappa shape index (κ1) is 31.3. The number of nitrogens with one attached hydrogen (secondary N) is 2. The van der Waals surface area contributed by atoms with Crippen molar-refractivity contribution in [1.82, 2.24) is 10.6 Å². The molecule has 0 saturated heterocycles. The zero-order valence-corrected chi connectivity index (χ0v) is 24.4. The maximum Gasteiger partial charge on any atom is 0.227 e. The molecule has 3 aromatic carbocycles. The molecule has 42 heavy (non-hydrogen) atoms. The van der Waals surface area contributed by atoms with E-state index < -0.39 is 29.7 Å². The van der Waals surface area contributed by atoms with Gasteiger partial charge < -0.3 is 20.6 Å². The number of aliphatic hydroxyl groups excluding tert-OH is 1. The van der Waals surface area contributed by atoms with Gasteiger partial charge in [0.25, 0.3) is 0 Å². The first-order valence-corrected chi connectivity index (χ1v) is 14.8. The van der Waals surface area contributed by atoms with E-state index >= 15 is 0 Å². The molecule has 3 N–H and O–H groups in total. The van der Waals surface area contributed by atoms with Gasteiger partial charge in [-0.2, -0.15) is 0 Å². The van der Waals surface area contributed by atoms with E-state index in [4.69, 9.17) is 0 Å². The summed E-state index contributed by atoms with van der Waals surface area (Å²) in [4.78, 5) is 28.2. The van der Waals surface area contributed by atoms with Crippen LogP contribution in [-0.4, -0.2) is 41.7 Å². The fourth-order valence-corrected chi connectivity index (χ4v) is 5.34. The molecule has 1 aliphatic rings. The van der Waals surface area contributed by atoms with Gasteiger partial charge in [-0.1, -0.05) is 49.4 Å². The minimum absolute atomic E-state index is 0.00121. The molecule has 0 aromatic heterocycles. The smallest absolute Gasteiger partial charge is 0.227 e. The number of benzene rings is 3. The number of nitrogens with zero attached hydrogens (tertiary/aromatic N) is 1. The van der Waals surface area contributed by atoms with Crippen LogP contribution in [0, 0.1) is 17.6 Å². The SMILES string of the molecule is CCc1cccc(CNC[C@@H](O)[C@H](Cc2cc(F)cc(F)c2)NC(=O)CCC(=O)N(c2ccccc2)C(C)C2CC2)c1. The van der Waals surface area contributed by atoms with Gasteiger partial charge in [0, 0.05) is 43.7 Å². The number of para-hydroxylation sites is 1. The molecule has 4 rings (SSSR count). The van der Waals surface area contributed by atoms with E-state index in [1.54, 1.807) is 4.90 Å². The van der Waals surface area contributed by atoms with E-state index in [1.807, 2.05) is 49.4 Å². The molecular weight excluding hydrogens is 536 g/mol. The Morgan fingerprint density at radius 1 is 0.929 bits per heavy atom. The highest BCUT2D eigenvalue weighted by atomic mass is 19.1. The van der Waals surface area contributed by atoms with E-state index in [0.717, 1.165) is 36.6 Å². The van der Waals surface area contributed by atoms with E-state index in [1.165, 1.54) is 17.7 Å². The molecule has 8 heteroatoms. The highest BCUT2D eigenvalue weighted by Crippen LogP contribution is 2.37. The van der Waals surface area contributed by atoms with Crippen LogP contribution in [0.3, 0.4) is 0 Å². The predicted molar refractivity (Wildman–Crippen MR) is 161 cm³/mol. The number of aryl methyl sites for hydroxylation is 1. The second-order valence-electron chi connectivity index (χ2n) is 11.2. The van der Waals surface area contributed by atoms with Gasteiger partial charge in [0.15, 0.2) is 0 Å². The van der Waals surface area contributed by atoms with Gasteiger partial charge in [0.2, 0.25) is 11.8 Å². The summed E-state index contributed by atoms with van der Waals surface area (Å²) in [6, 6.07) is 20.0. The summed E-state index contributed by atoms with van der Waals surface area (Å²) in [5.41, 5.74) is 3.40. The average molecular weight is 578 g/mol. The lowest BCUT2D eigenvalue weighted by Gasteiger charge is -2.30. The molecule has 3 aromatic rings. The number of carbonyl (C=O) groups is 2. The number of aliphatic hydroxyl groups is 1. The topological polar surface area (TPSA) is 81.7 Å². The van der Waals surface area contributed by atoms with Crippen LogP contribution in [0.15, 0.2) is 72.8 Å². The summed E-state index contributed by atoms with van der Waals surface area (Å²) in [5, 5.41) is 17.1. The standard InChI is InChI=1S/C34H41F2N3O3/c1-3-24-8-7-9-25(16-24)21-37-22-32(40)31(19-26-17-28(35)20-29(36)18-26)38-33(41)14-15-34(42)39(23(2)27-12-13-27)30-10-5-4-6-11-30/h4-11,16-18,20,23,27,31-32,37,40H,3,12-15,19,21-22H2,1-2H3,(H,38,41)/t23?,31-,32+/m0/s1. The van der Waals surface area contributed by atoms with Crippen molar-refractivity contribution < 1.29 is 23.5 Å². The average Bonchev–Trinajstić information content (AvgIpc) is 3.82. The second kappa shape index (κ2) is 15.0. The van der Waals surface area contributed by atoms with Gasteiger partial charge >= 0.3 is 0 Å². The molecule has 0 radical (unpaired) electrons. The third-order valence-corrected chi connectivity index (χ3v) is 7.85. The Labute approximate surface area is 247 Å². The number of rotatable bonds is 15. The van der Waals surface area contributed by atoms with Gasteiger partial charge in [-0.25, -0.2) is 8.78 Å². The molecule has 6 nitrogen and oxygen atoms in total. The van der Waals surface area contributed by atoms with E-state index in [2.05, 4.69) is 29.7 Å². The fraction of sp³-hybridized carbons (Fsp3) is 0.412. The summed E-state index contributed by atoms with van der Waals surface area (Å²) in [6.07, 6.45) is 1.99. The fourth-order valence-electron chi connectivity index (χ4n) is 5.34. The monoisotopic (exact) mass is 577 g/mol. The van der Waals surface area contributed by atoms with Crippen molar-refractivity contribution in [3.63, 3.8) is 0 Å². The van der Waals surface area contributed by atoms with Crippen LogP contribution in [-0.2, 0) is 29.0 Å². The zero-order valence-electron chi connectivity index (χ0n) is 24.4. The Bertz CT molecular complexity index is 1310. The highest BCUT2D eigenvalue weighted by molar-refractivity contribution is 5.96. The minimum Gasteiger partial charge on any atom is -0.390 e. The molecule has 1 unspecified atom stereocenters. The molecule has 1 fully saturated rings. The molecule has 0 spiro atoms. The Morgan fingerprint density at radius 2 is 1.62 bits per heavy atom. The molecule has 3 atom stereocenters. The van der Waals surface area contributed by atoms with Crippen molar-refractivity contribution >= 4 is 17.5 Å². The lowest BCUT2D eigenvalue weighted by molar-refractivity contribution is -0.126. The molecule has 1 saturated carbocycles. The van der Waals surface area contributed by atoms with Crippen molar-refractivity contribution in [3.8, 4) is 0 Å². The van der Waals surface area contributed by atoms with Crippen LogP contribution in [0.1, 0.15) is 56.2 Å². The summed E-state index contributed by atoms with van der Waals surface area (Å²) < 4.78 is 27.8. The van der Waals surface area contributed by atoms with Crippen LogP contribution < -0.4 is 15.5 Å². The van der Waals surface area contributed by atoms with Crippen LogP contribution in [0.4, 0.5) is 14.5 Å². The third-order valence-electron chi connectivity index (χ3n) is 7.85. The molecule has 0 heterocycles. The first-order valence-electron chi connectivity index (χ1n) is 14.8. The van der Waals surface area contributed by atoms with E-state index in [0.29, 0.717) is 18.0 Å². The Kier molecular flexibility index (Phi) is 11.2. The quantitative estimate of drug-likeness (QED) is 0.229. The van der Waals surface area contributed by atoms with Crippen LogP contribution in [0.5, 0.6) is 0 Å². The highest BCUT2D eigenvalue weighted by Gasteiger charge is 2.35. The molecule has 0 bridgehead atoms. The van der Waals surface area contributed by atoms with E-state index in [-0.39, 0.29) is 37.8 Å². The van der Waals surface area contributed by atoms with Gasteiger partial charge in [-0.3, -0.25) is 9.59 Å². The van der Waals surface area contributed by atoms with Crippen LogP contribution >= 0.6 is 0 Å². The van der Waals surface area contributed by atoms with E-state index in [9.17, 15) is 23.5 Å². The molecule has 1 aliphatic carbocycles. The molecule has 0 aliphatic heterocycles. The van der Waals surface area contributed by atoms with Gasteiger partial charge in [0.1, 0.15) is 11.6 Å². The molecule has 224 valence electrons. The zero-order chi connectivity index (χ0) is 30.1. The Balaban J connectivity index is 1.39. The summed E-state index contributed by atoms with van der Waals surface area (Å²) in [7, 11) is 0. The normalized spacial score (nSPS) is 15.1. The summed E-state index contributed by atoms with van der Waals surface area (Å²) in [6.45, 7) is 4.79. The number of anilines is 1. The molecule has 2 amide bonds.